The molecule has 0 radical (unpaired) electrons. The molecule has 0 spiro atoms. The van der Waals surface area contributed by atoms with Crippen molar-refractivity contribution in [2.75, 3.05) is 19.6 Å². The Morgan fingerprint density at radius 1 is 1.25 bits per heavy atom. The maximum absolute atomic E-state index is 5.90. The number of amidine groups is 1. The maximum atomic E-state index is 5.90. The highest BCUT2D eigenvalue weighted by molar-refractivity contribution is 6.64. The van der Waals surface area contributed by atoms with E-state index >= 15 is 0 Å². The zero-order chi connectivity index (χ0) is 8.69. The number of halogens is 2. The van der Waals surface area contributed by atoms with Crippen LogP contribution >= 0.6 is 24.0 Å². The van der Waals surface area contributed by atoms with Crippen molar-refractivity contribution in [1.82, 2.24) is 4.90 Å². The van der Waals surface area contributed by atoms with Crippen LogP contribution in [0.5, 0.6) is 0 Å². The van der Waals surface area contributed by atoms with E-state index in [2.05, 4.69) is 25.8 Å². The highest BCUT2D eigenvalue weighted by Gasteiger charge is 2.01. The lowest BCUT2D eigenvalue weighted by Gasteiger charge is -2.17. The summed E-state index contributed by atoms with van der Waals surface area (Å²) in [6, 6.07) is 0. The monoisotopic (exact) mass is 212 g/mol. The third-order valence-electron chi connectivity index (χ3n) is 1.49. The summed E-state index contributed by atoms with van der Waals surface area (Å²) in [7, 11) is 0. The third kappa shape index (κ3) is 5.67. The Morgan fingerprint density at radius 3 is 2.08 bits per heavy atom. The first-order valence-corrected chi connectivity index (χ1v) is 4.58. The van der Waals surface area contributed by atoms with Crippen LogP contribution in [0.3, 0.4) is 0 Å². The van der Waals surface area contributed by atoms with Crippen molar-refractivity contribution in [1.29, 1.82) is 0 Å². The van der Waals surface area contributed by atoms with E-state index in [0.717, 1.165) is 26.1 Å². The second-order valence-electron chi connectivity index (χ2n) is 2.32. The molecule has 0 atom stereocenters. The Hall–Kier alpha value is 0.0500. The molecule has 0 aromatic heterocycles. The number of hydrogen-bond donors (Lipinski definition) is 0. The molecule has 0 rings (SSSR count). The summed E-state index contributed by atoms with van der Waals surface area (Å²) in [5.41, 5.74) is 0. The summed E-state index contributed by atoms with van der Waals surface area (Å²) in [5.74, 6) is 0. The van der Waals surface area contributed by atoms with Crippen LogP contribution in [-0.4, -0.2) is 29.8 Å². The van der Waals surface area contributed by atoms with E-state index in [0.29, 0.717) is 5.29 Å². The van der Waals surface area contributed by atoms with Crippen LogP contribution in [-0.2, 0) is 0 Å². The molecule has 0 N–H and O–H groups in total. The maximum Gasteiger partial charge on any atom is 0.193 e. The third-order valence-corrected chi connectivity index (χ3v) is 1.85. The Labute approximate surface area is 86.4 Å². The molecule has 0 aromatic rings. The average Bonchev–Trinajstić information content (AvgIpc) is 2.03. The van der Waals surface area contributed by atoms with Gasteiger partial charge in [0.1, 0.15) is 0 Å². The largest absolute Gasteiger partial charge is 0.348 e. The number of hydrogen-bond acceptors (Lipinski definition) is 1. The van der Waals surface area contributed by atoms with Gasteiger partial charge in [-0.1, -0.05) is 6.92 Å². The molecule has 0 fully saturated rings. The molecular weight excluding hydrogens is 195 g/mol. The van der Waals surface area contributed by atoms with Gasteiger partial charge in [-0.3, -0.25) is 4.99 Å². The van der Waals surface area contributed by atoms with Crippen molar-refractivity contribution in [2.45, 2.75) is 27.2 Å². The summed E-state index contributed by atoms with van der Waals surface area (Å²) >= 11 is 5.90. The fourth-order valence-corrected chi connectivity index (χ4v) is 1.11. The second-order valence-corrected chi connectivity index (χ2v) is 2.66. The van der Waals surface area contributed by atoms with Gasteiger partial charge in [0.05, 0.1) is 0 Å². The van der Waals surface area contributed by atoms with Crippen molar-refractivity contribution in [3.63, 3.8) is 0 Å². The van der Waals surface area contributed by atoms with Gasteiger partial charge in [-0.15, -0.1) is 12.4 Å². The molecule has 12 heavy (non-hydrogen) atoms. The lowest BCUT2D eigenvalue weighted by Crippen LogP contribution is -2.26. The average molecular weight is 213 g/mol. The smallest absolute Gasteiger partial charge is 0.193 e. The van der Waals surface area contributed by atoms with Crippen molar-refractivity contribution in [3.05, 3.63) is 0 Å². The van der Waals surface area contributed by atoms with Crippen LogP contribution in [0.15, 0.2) is 4.99 Å². The van der Waals surface area contributed by atoms with E-state index in [1.165, 1.54) is 0 Å². The summed E-state index contributed by atoms with van der Waals surface area (Å²) in [6.07, 6.45) is 1.05. The fourth-order valence-electron chi connectivity index (χ4n) is 0.789. The topological polar surface area (TPSA) is 15.6 Å². The van der Waals surface area contributed by atoms with E-state index < -0.39 is 0 Å². The van der Waals surface area contributed by atoms with Gasteiger partial charge >= 0.3 is 0 Å². The molecule has 0 aliphatic rings. The lowest BCUT2D eigenvalue weighted by molar-refractivity contribution is 0.472. The van der Waals surface area contributed by atoms with Gasteiger partial charge in [0.15, 0.2) is 5.29 Å². The minimum absolute atomic E-state index is 0. The molecule has 4 heteroatoms. The Kier molecular flexibility index (Phi) is 11.1. The quantitative estimate of drug-likeness (QED) is 0.398. The minimum Gasteiger partial charge on any atom is -0.348 e. The van der Waals surface area contributed by atoms with Gasteiger partial charge in [0.25, 0.3) is 0 Å². The number of nitrogens with zero attached hydrogens (tertiary/aromatic N) is 2. The number of rotatable bonds is 4. The van der Waals surface area contributed by atoms with Gasteiger partial charge in [0.2, 0.25) is 0 Å². The van der Waals surface area contributed by atoms with Gasteiger partial charge in [-0.2, -0.15) is 0 Å². The standard InChI is InChI=1S/C8H17ClN2.ClH/c1-4-7-10-8(9)11(5-2)6-3;/h4-7H2,1-3H3;1H. The normalized spacial score (nSPS) is 10.8. The first-order chi connectivity index (χ1) is 5.26. The first-order valence-electron chi connectivity index (χ1n) is 4.21. The molecule has 0 aromatic carbocycles. The van der Waals surface area contributed by atoms with E-state index in [-0.39, 0.29) is 12.4 Å². The summed E-state index contributed by atoms with van der Waals surface area (Å²) in [5, 5.41) is 0.650. The van der Waals surface area contributed by atoms with Gasteiger partial charge in [0, 0.05) is 19.6 Å². The van der Waals surface area contributed by atoms with E-state index in [1.807, 2.05) is 4.90 Å². The molecule has 0 aliphatic carbocycles. The molecule has 74 valence electrons. The molecule has 0 unspecified atom stereocenters. The van der Waals surface area contributed by atoms with Gasteiger partial charge in [-0.25, -0.2) is 0 Å². The Morgan fingerprint density at radius 2 is 1.75 bits per heavy atom. The molecule has 0 saturated carbocycles. The Bertz CT molecular complexity index is 122. The zero-order valence-corrected chi connectivity index (χ0v) is 9.58. The highest BCUT2D eigenvalue weighted by atomic mass is 35.5. The van der Waals surface area contributed by atoms with Crippen LogP contribution < -0.4 is 0 Å². The predicted octanol–water partition coefficient (Wildman–Crippen LogP) is 2.75. The van der Waals surface area contributed by atoms with E-state index in [1.54, 1.807) is 0 Å². The van der Waals surface area contributed by atoms with Crippen molar-refractivity contribution in [2.24, 2.45) is 4.99 Å². The fraction of sp³-hybridized carbons (Fsp3) is 0.875. The van der Waals surface area contributed by atoms with Crippen LogP contribution in [0.4, 0.5) is 0 Å². The van der Waals surface area contributed by atoms with Crippen LogP contribution in [0.2, 0.25) is 0 Å². The van der Waals surface area contributed by atoms with Crippen LogP contribution in [0, 0.1) is 0 Å². The van der Waals surface area contributed by atoms with E-state index in [4.69, 9.17) is 11.6 Å². The molecule has 0 saturated heterocycles. The molecule has 0 aliphatic heterocycles. The van der Waals surface area contributed by atoms with Gasteiger partial charge in [-0.05, 0) is 31.9 Å². The Balaban J connectivity index is 0. The first kappa shape index (κ1) is 14.6. The summed E-state index contributed by atoms with van der Waals surface area (Å²) < 4.78 is 0. The minimum atomic E-state index is 0. The molecule has 2 nitrogen and oxygen atoms in total. The van der Waals surface area contributed by atoms with Crippen molar-refractivity contribution >= 4 is 29.3 Å². The highest BCUT2D eigenvalue weighted by Crippen LogP contribution is 1.96. The molecular formula is C8H18Cl2N2. The zero-order valence-electron chi connectivity index (χ0n) is 8.01. The van der Waals surface area contributed by atoms with E-state index in [9.17, 15) is 0 Å². The predicted molar refractivity (Wildman–Crippen MR) is 58.6 cm³/mol. The lowest BCUT2D eigenvalue weighted by atomic mass is 10.5. The van der Waals surface area contributed by atoms with Crippen LogP contribution in [0.1, 0.15) is 27.2 Å². The molecule has 0 heterocycles. The van der Waals surface area contributed by atoms with Crippen molar-refractivity contribution < 1.29 is 0 Å². The summed E-state index contributed by atoms with van der Waals surface area (Å²) in [4.78, 5) is 6.23. The second kappa shape index (κ2) is 9.14. The molecule has 0 amide bonds. The SMILES string of the molecule is CCCN=C(Cl)N(CC)CC.Cl. The molecule has 0 bridgehead atoms. The summed E-state index contributed by atoms with van der Waals surface area (Å²) in [6.45, 7) is 8.94. The van der Waals surface area contributed by atoms with Crippen LogP contribution in [0.25, 0.3) is 0 Å². The number of aliphatic imine (C=N–C) groups is 1. The van der Waals surface area contributed by atoms with Crippen molar-refractivity contribution in [3.8, 4) is 0 Å². The van der Waals surface area contributed by atoms with Gasteiger partial charge < -0.3 is 4.90 Å².